The first-order chi connectivity index (χ1) is 8.75. The molecule has 4 heteroatoms. The SMILES string of the molecule is Cc1cc2c(c(Cl)c1CC1CCCNC1)OCO2. The van der Waals surface area contributed by atoms with E-state index in [1.165, 1.54) is 24.0 Å². The Morgan fingerprint density at radius 2 is 2.33 bits per heavy atom. The third-order valence-corrected chi connectivity index (χ3v) is 4.22. The summed E-state index contributed by atoms with van der Waals surface area (Å²) in [4.78, 5) is 0. The number of hydrogen-bond donors (Lipinski definition) is 1. The number of benzene rings is 1. The summed E-state index contributed by atoms with van der Waals surface area (Å²) in [5.74, 6) is 2.18. The van der Waals surface area contributed by atoms with Crippen LogP contribution in [0.4, 0.5) is 0 Å². The summed E-state index contributed by atoms with van der Waals surface area (Å²) in [6, 6.07) is 2.04. The van der Waals surface area contributed by atoms with Crippen LogP contribution in [-0.2, 0) is 6.42 Å². The summed E-state index contributed by atoms with van der Waals surface area (Å²) in [5.41, 5.74) is 2.42. The van der Waals surface area contributed by atoms with Crippen LogP contribution in [0.3, 0.4) is 0 Å². The molecule has 3 rings (SSSR count). The summed E-state index contributed by atoms with van der Waals surface area (Å²) >= 11 is 6.45. The molecule has 18 heavy (non-hydrogen) atoms. The second-order valence-corrected chi connectivity index (χ2v) is 5.51. The zero-order valence-electron chi connectivity index (χ0n) is 10.6. The lowest BCUT2D eigenvalue weighted by molar-refractivity contribution is 0.174. The van der Waals surface area contributed by atoms with Gasteiger partial charge >= 0.3 is 0 Å². The van der Waals surface area contributed by atoms with Crippen molar-refractivity contribution in [3.05, 3.63) is 22.2 Å². The van der Waals surface area contributed by atoms with Crippen LogP contribution in [0.1, 0.15) is 24.0 Å². The highest BCUT2D eigenvalue weighted by atomic mass is 35.5. The lowest BCUT2D eigenvalue weighted by Crippen LogP contribution is -2.31. The topological polar surface area (TPSA) is 30.5 Å². The van der Waals surface area contributed by atoms with Crippen molar-refractivity contribution < 1.29 is 9.47 Å². The van der Waals surface area contributed by atoms with Crippen molar-refractivity contribution in [3.63, 3.8) is 0 Å². The van der Waals surface area contributed by atoms with E-state index in [0.29, 0.717) is 5.92 Å². The summed E-state index contributed by atoms with van der Waals surface area (Å²) in [6.45, 7) is 4.61. The molecule has 98 valence electrons. The summed E-state index contributed by atoms with van der Waals surface area (Å²) in [5, 5.41) is 4.19. The molecular weight excluding hydrogens is 250 g/mol. The van der Waals surface area contributed by atoms with E-state index in [-0.39, 0.29) is 6.79 Å². The first kappa shape index (κ1) is 12.1. The zero-order chi connectivity index (χ0) is 12.5. The highest BCUT2D eigenvalue weighted by molar-refractivity contribution is 6.33. The van der Waals surface area contributed by atoms with E-state index in [0.717, 1.165) is 36.0 Å². The van der Waals surface area contributed by atoms with Gasteiger partial charge in [0.05, 0.1) is 5.02 Å². The van der Waals surface area contributed by atoms with Gasteiger partial charge in [-0.1, -0.05) is 11.6 Å². The molecule has 1 N–H and O–H groups in total. The first-order valence-electron chi connectivity index (χ1n) is 6.54. The van der Waals surface area contributed by atoms with Crippen LogP contribution in [-0.4, -0.2) is 19.9 Å². The second kappa shape index (κ2) is 4.98. The highest BCUT2D eigenvalue weighted by Crippen LogP contribution is 2.43. The van der Waals surface area contributed by atoms with Gasteiger partial charge in [0.15, 0.2) is 11.5 Å². The molecule has 0 spiro atoms. The fourth-order valence-corrected chi connectivity index (χ4v) is 3.17. The molecule has 1 atom stereocenters. The molecule has 0 bridgehead atoms. The van der Waals surface area contributed by atoms with Gasteiger partial charge in [0, 0.05) is 0 Å². The molecule has 1 unspecified atom stereocenters. The van der Waals surface area contributed by atoms with E-state index in [4.69, 9.17) is 21.1 Å². The van der Waals surface area contributed by atoms with Crippen LogP contribution in [0.25, 0.3) is 0 Å². The normalized spacial score (nSPS) is 22.2. The van der Waals surface area contributed by atoms with E-state index >= 15 is 0 Å². The molecule has 0 amide bonds. The minimum Gasteiger partial charge on any atom is -0.454 e. The first-order valence-corrected chi connectivity index (χ1v) is 6.92. The summed E-state index contributed by atoms with van der Waals surface area (Å²) in [6.07, 6.45) is 3.55. The van der Waals surface area contributed by atoms with Crippen LogP contribution in [0.15, 0.2) is 6.07 Å². The average Bonchev–Trinajstić information content (AvgIpc) is 2.84. The van der Waals surface area contributed by atoms with Crippen LogP contribution in [0, 0.1) is 12.8 Å². The number of fused-ring (bicyclic) bond motifs is 1. The third kappa shape index (κ3) is 2.17. The van der Waals surface area contributed by atoms with Gasteiger partial charge in [0.2, 0.25) is 6.79 Å². The fourth-order valence-electron chi connectivity index (χ4n) is 2.80. The summed E-state index contributed by atoms with van der Waals surface area (Å²) < 4.78 is 10.8. The van der Waals surface area contributed by atoms with Gasteiger partial charge in [-0.15, -0.1) is 0 Å². The molecule has 2 aliphatic rings. The molecule has 2 heterocycles. The molecule has 0 saturated carbocycles. The molecule has 1 fully saturated rings. The Balaban J connectivity index is 1.87. The predicted octanol–water partition coefficient (Wildman–Crippen LogP) is 2.92. The second-order valence-electron chi connectivity index (χ2n) is 5.14. The van der Waals surface area contributed by atoms with Crippen molar-refractivity contribution in [1.82, 2.24) is 5.32 Å². The number of rotatable bonds is 2. The van der Waals surface area contributed by atoms with Gasteiger partial charge < -0.3 is 14.8 Å². The summed E-state index contributed by atoms with van der Waals surface area (Å²) in [7, 11) is 0. The maximum absolute atomic E-state index is 6.45. The van der Waals surface area contributed by atoms with Gasteiger partial charge in [-0.25, -0.2) is 0 Å². The maximum atomic E-state index is 6.45. The quantitative estimate of drug-likeness (QED) is 0.894. The van der Waals surface area contributed by atoms with Crippen LogP contribution < -0.4 is 14.8 Å². The van der Waals surface area contributed by atoms with Crippen molar-refractivity contribution in [3.8, 4) is 11.5 Å². The standard InChI is InChI=1S/C14H18ClNO2/c1-9-5-12-14(18-8-17-12)13(15)11(9)6-10-3-2-4-16-7-10/h5,10,16H,2-4,6-8H2,1H3. The number of hydrogen-bond acceptors (Lipinski definition) is 3. The van der Waals surface area contributed by atoms with Gasteiger partial charge in [-0.2, -0.15) is 0 Å². The maximum Gasteiger partial charge on any atom is 0.231 e. The van der Waals surface area contributed by atoms with E-state index in [1.54, 1.807) is 0 Å². The predicted molar refractivity (Wildman–Crippen MR) is 71.6 cm³/mol. The highest BCUT2D eigenvalue weighted by Gasteiger charge is 2.24. The van der Waals surface area contributed by atoms with Gasteiger partial charge in [0.25, 0.3) is 0 Å². The lowest BCUT2D eigenvalue weighted by atomic mass is 9.90. The Kier molecular flexibility index (Phi) is 3.35. The zero-order valence-corrected chi connectivity index (χ0v) is 11.3. The van der Waals surface area contributed by atoms with E-state index in [2.05, 4.69) is 12.2 Å². The Morgan fingerprint density at radius 3 is 3.11 bits per heavy atom. The molecule has 1 saturated heterocycles. The molecule has 0 radical (unpaired) electrons. The van der Waals surface area contributed by atoms with E-state index in [1.807, 2.05) is 6.07 Å². The van der Waals surface area contributed by atoms with Gasteiger partial charge in [0.1, 0.15) is 0 Å². The molecule has 0 aliphatic carbocycles. The minimum atomic E-state index is 0.281. The molecule has 3 nitrogen and oxygen atoms in total. The van der Waals surface area contributed by atoms with Gasteiger partial charge in [-0.05, 0) is 62.4 Å². The number of nitrogens with one attached hydrogen (secondary N) is 1. The third-order valence-electron chi connectivity index (χ3n) is 3.82. The monoisotopic (exact) mass is 267 g/mol. The van der Waals surface area contributed by atoms with Crippen molar-refractivity contribution in [2.75, 3.05) is 19.9 Å². The smallest absolute Gasteiger partial charge is 0.231 e. The minimum absolute atomic E-state index is 0.281. The van der Waals surface area contributed by atoms with Crippen LogP contribution in [0.5, 0.6) is 11.5 Å². The molecule has 1 aromatic carbocycles. The Morgan fingerprint density at radius 1 is 1.44 bits per heavy atom. The Hall–Kier alpha value is -0.930. The van der Waals surface area contributed by atoms with E-state index in [9.17, 15) is 0 Å². The van der Waals surface area contributed by atoms with Crippen molar-refractivity contribution in [1.29, 1.82) is 0 Å². The van der Waals surface area contributed by atoms with E-state index < -0.39 is 0 Å². The average molecular weight is 268 g/mol. The number of halogens is 1. The van der Waals surface area contributed by atoms with Crippen molar-refractivity contribution in [2.24, 2.45) is 5.92 Å². The molecule has 1 aromatic rings. The number of aryl methyl sites for hydroxylation is 1. The molecular formula is C14H18ClNO2. The van der Waals surface area contributed by atoms with Crippen LogP contribution >= 0.6 is 11.6 Å². The van der Waals surface area contributed by atoms with Crippen molar-refractivity contribution in [2.45, 2.75) is 26.2 Å². The Labute approximate surface area is 112 Å². The van der Waals surface area contributed by atoms with Gasteiger partial charge in [-0.3, -0.25) is 0 Å². The Bertz CT molecular complexity index is 456. The van der Waals surface area contributed by atoms with Crippen molar-refractivity contribution >= 4 is 11.6 Å². The van der Waals surface area contributed by atoms with Crippen LogP contribution in [0.2, 0.25) is 5.02 Å². The molecule has 2 aliphatic heterocycles. The number of ether oxygens (including phenoxy) is 2. The number of piperidine rings is 1. The fraction of sp³-hybridized carbons (Fsp3) is 0.571. The largest absolute Gasteiger partial charge is 0.454 e. The molecule has 0 aromatic heterocycles. The lowest BCUT2D eigenvalue weighted by Gasteiger charge is -2.24.